The number of hydrogen-bond acceptors (Lipinski definition) is 6. The van der Waals surface area contributed by atoms with Gasteiger partial charge < -0.3 is 15.0 Å². The van der Waals surface area contributed by atoms with E-state index in [2.05, 4.69) is 32.0 Å². The van der Waals surface area contributed by atoms with E-state index in [1.165, 1.54) is 10.4 Å². The van der Waals surface area contributed by atoms with E-state index < -0.39 is 0 Å². The molecule has 2 aromatic heterocycles. The van der Waals surface area contributed by atoms with E-state index in [9.17, 15) is 4.79 Å². The van der Waals surface area contributed by atoms with Crippen molar-refractivity contribution in [2.45, 2.75) is 25.5 Å². The second-order valence-electron chi connectivity index (χ2n) is 5.86. The van der Waals surface area contributed by atoms with E-state index in [1.54, 1.807) is 23.6 Å². The molecular formula is C16H21N5O2S. The van der Waals surface area contributed by atoms with Crippen LogP contribution in [0, 0.1) is 0 Å². The number of thiophene rings is 1. The molecule has 0 fully saturated rings. The van der Waals surface area contributed by atoms with E-state index >= 15 is 0 Å². The highest BCUT2D eigenvalue weighted by Crippen LogP contribution is 2.33. The van der Waals surface area contributed by atoms with Crippen LogP contribution in [0.15, 0.2) is 23.7 Å². The summed E-state index contributed by atoms with van der Waals surface area (Å²) >= 11 is 1.74. The molecule has 3 rings (SSSR count). The minimum Gasteiger partial charge on any atom is -0.371 e. The molecule has 7 nitrogen and oxygen atoms in total. The molecule has 2 atom stereocenters. The summed E-state index contributed by atoms with van der Waals surface area (Å²) in [6.07, 6.45) is 2.43. The number of carbonyl (C=O) groups excluding carboxylic acids is 1. The topological polar surface area (TPSA) is 79.4 Å². The van der Waals surface area contributed by atoms with Gasteiger partial charge in [-0.3, -0.25) is 5.32 Å². The number of carbonyl (C=O) groups is 1. The zero-order valence-electron chi connectivity index (χ0n) is 13.9. The first-order chi connectivity index (χ1) is 11.5. The van der Waals surface area contributed by atoms with Crippen LogP contribution < -0.4 is 15.5 Å². The predicted molar refractivity (Wildman–Crippen MR) is 94.7 cm³/mol. The normalized spacial score (nSPS) is 17.7. The molecule has 24 heavy (non-hydrogen) atoms. The van der Waals surface area contributed by atoms with Crippen LogP contribution >= 0.6 is 11.3 Å². The monoisotopic (exact) mass is 347 g/mol. The number of fused-ring (bicyclic) bond motifs is 1. The predicted octanol–water partition coefficient (Wildman–Crippen LogP) is 2.43. The first-order valence-electron chi connectivity index (χ1n) is 7.80. The van der Waals surface area contributed by atoms with Crippen molar-refractivity contribution in [3.8, 4) is 0 Å². The Balaban J connectivity index is 1.62. The van der Waals surface area contributed by atoms with Crippen molar-refractivity contribution in [1.82, 2.24) is 15.3 Å². The van der Waals surface area contributed by atoms with Gasteiger partial charge >= 0.3 is 6.03 Å². The summed E-state index contributed by atoms with van der Waals surface area (Å²) in [5.74, 6) is 0.999. The summed E-state index contributed by atoms with van der Waals surface area (Å²) in [6.45, 7) is 2.62. The van der Waals surface area contributed by atoms with Gasteiger partial charge in [0.15, 0.2) is 0 Å². The molecule has 2 N–H and O–H groups in total. The Kier molecular flexibility index (Phi) is 4.96. The number of nitrogens with zero attached hydrogens (tertiary/aromatic N) is 3. The number of anilines is 2. The molecule has 2 amide bonds. The van der Waals surface area contributed by atoms with Crippen molar-refractivity contribution in [2.75, 3.05) is 30.9 Å². The molecule has 2 aromatic rings. The molecule has 2 unspecified atom stereocenters. The minimum absolute atomic E-state index is 0.125. The average molecular weight is 347 g/mol. The maximum absolute atomic E-state index is 12.2. The lowest BCUT2D eigenvalue weighted by Gasteiger charge is -2.29. The van der Waals surface area contributed by atoms with Gasteiger partial charge in [0.05, 0.1) is 12.6 Å². The molecule has 3 heterocycles. The van der Waals surface area contributed by atoms with E-state index in [-0.39, 0.29) is 24.1 Å². The minimum atomic E-state index is -0.343. The number of ether oxygens (including phenoxy) is 1. The molecule has 0 aromatic carbocycles. The van der Waals surface area contributed by atoms with Crippen LogP contribution in [0.3, 0.4) is 0 Å². The number of rotatable bonds is 4. The first-order valence-corrected chi connectivity index (χ1v) is 8.68. The lowest BCUT2D eigenvalue weighted by atomic mass is 10.0. The average Bonchev–Trinajstić information content (AvgIpc) is 3.03. The second-order valence-corrected chi connectivity index (χ2v) is 6.86. The van der Waals surface area contributed by atoms with Gasteiger partial charge in [-0.05, 0) is 30.0 Å². The SMILES string of the molecule is CC(NC(=O)Nc1nccc(N(C)C)n1)C1OCCc2sccc21. The summed E-state index contributed by atoms with van der Waals surface area (Å²) in [4.78, 5) is 23.8. The maximum atomic E-state index is 12.2. The Hall–Kier alpha value is -2.19. The lowest BCUT2D eigenvalue weighted by Crippen LogP contribution is -2.41. The van der Waals surface area contributed by atoms with Crippen molar-refractivity contribution < 1.29 is 9.53 Å². The van der Waals surface area contributed by atoms with Crippen LogP contribution in [0.25, 0.3) is 0 Å². The fourth-order valence-corrected chi connectivity index (χ4v) is 3.57. The molecule has 0 aliphatic carbocycles. The summed E-state index contributed by atoms with van der Waals surface area (Å²) in [7, 11) is 3.76. The fraction of sp³-hybridized carbons (Fsp3) is 0.438. The molecule has 1 aliphatic rings. The largest absolute Gasteiger partial charge is 0.371 e. The Morgan fingerprint density at radius 3 is 3.08 bits per heavy atom. The third-order valence-corrected chi connectivity index (χ3v) is 4.85. The van der Waals surface area contributed by atoms with Crippen LogP contribution in [0.2, 0.25) is 0 Å². The standard InChI is InChI=1S/C16H21N5O2S/c1-10(14-11-6-9-24-12(11)5-8-23-14)18-16(22)20-15-17-7-4-13(19-15)21(2)3/h4,6-7,9-10,14H,5,8H2,1-3H3,(H2,17,18,19,20,22). The maximum Gasteiger partial charge on any atom is 0.321 e. The van der Waals surface area contributed by atoms with Crippen LogP contribution in [0.1, 0.15) is 23.5 Å². The summed E-state index contributed by atoms with van der Waals surface area (Å²) < 4.78 is 5.85. The first kappa shape index (κ1) is 16.7. The van der Waals surface area contributed by atoms with Gasteiger partial charge in [-0.25, -0.2) is 9.78 Å². The molecule has 1 aliphatic heterocycles. The highest BCUT2D eigenvalue weighted by atomic mass is 32.1. The molecule has 128 valence electrons. The van der Waals surface area contributed by atoms with Gasteiger partial charge in [0, 0.05) is 31.6 Å². The number of aromatic nitrogens is 2. The zero-order chi connectivity index (χ0) is 17.1. The van der Waals surface area contributed by atoms with Gasteiger partial charge in [0.25, 0.3) is 0 Å². The van der Waals surface area contributed by atoms with Crippen molar-refractivity contribution in [3.63, 3.8) is 0 Å². The molecule has 0 spiro atoms. The van der Waals surface area contributed by atoms with Gasteiger partial charge in [0.1, 0.15) is 11.9 Å². The number of nitrogens with one attached hydrogen (secondary N) is 2. The molecule has 8 heteroatoms. The Labute approximate surface area is 145 Å². The zero-order valence-corrected chi connectivity index (χ0v) is 14.8. The van der Waals surface area contributed by atoms with Gasteiger partial charge in [0.2, 0.25) is 5.95 Å². The molecule has 0 saturated heterocycles. The van der Waals surface area contributed by atoms with E-state index in [0.29, 0.717) is 6.61 Å². The number of amides is 2. The lowest BCUT2D eigenvalue weighted by molar-refractivity contribution is 0.0238. The Bertz CT molecular complexity index is 718. The van der Waals surface area contributed by atoms with E-state index in [4.69, 9.17) is 4.74 Å². The van der Waals surface area contributed by atoms with E-state index in [1.807, 2.05) is 25.9 Å². The second kappa shape index (κ2) is 7.14. The summed E-state index contributed by atoms with van der Waals surface area (Å²) in [5.41, 5.74) is 1.17. The van der Waals surface area contributed by atoms with Crippen molar-refractivity contribution in [1.29, 1.82) is 0 Å². The van der Waals surface area contributed by atoms with Crippen molar-refractivity contribution in [3.05, 3.63) is 34.2 Å². The van der Waals surface area contributed by atoms with E-state index in [0.717, 1.165) is 12.2 Å². The van der Waals surface area contributed by atoms with Crippen LogP contribution in [-0.4, -0.2) is 42.7 Å². The highest BCUT2D eigenvalue weighted by molar-refractivity contribution is 7.10. The van der Waals surface area contributed by atoms with Gasteiger partial charge in [-0.15, -0.1) is 11.3 Å². The molecule has 0 radical (unpaired) electrons. The smallest absolute Gasteiger partial charge is 0.321 e. The molecule has 0 saturated carbocycles. The Morgan fingerprint density at radius 1 is 1.46 bits per heavy atom. The van der Waals surface area contributed by atoms with Crippen LogP contribution in [0.4, 0.5) is 16.6 Å². The highest BCUT2D eigenvalue weighted by Gasteiger charge is 2.28. The van der Waals surface area contributed by atoms with Crippen molar-refractivity contribution >= 4 is 29.1 Å². The molecular weight excluding hydrogens is 326 g/mol. The molecule has 0 bridgehead atoms. The Morgan fingerprint density at radius 2 is 2.29 bits per heavy atom. The number of hydrogen-bond donors (Lipinski definition) is 2. The third-order valence-electron chi connectivity index (χ3n) is 3.85. The van der Waals surface area contributed by atoms with Gasteiger partial charge in [-0.2, -0.15) is 4.98 Å². The number of urea groups is 1. The quantitative estimate of drug-likeness (QED) is 0.888. The van der Waals surface area contributed by atoms with Crippen LogP contribution in [0.5, 0.6) is 0 Å². The summed E-state index contributed by atoms with van der Waals surface area (Å²) in [5, 5.41) is 7.66. The van der Waals surface area contributed by atoms with Crippen molar-refractivity contribution in [2.24, 2.45) is 0 Å². The van der Waals surface area contributed by atoms with Crippen LogP contribution in [-0.2, 0) is 11.2 Å². The van der Waals surface area contributed by atoms with Gasteiger partial charge in [-0.1, -0.05) is 0 Å². The fourth-order valence-electron chi connectivity index (χ4n) is 2.67. The summed E-state index contributed by atoms with van der Waals surface area (Å²) in [6, 6.07) is 3.35. The third kappa shape index (κ3) is 3.65.